The number of benzene rings is 1. The minimum Gasteiger partial charge on any atom is -0.392 e. The van der Waals surface area contributed by atoms with E-state index >= 15 is 0 Å². The zero-order valence-corrected chi connectivity index (χ0v) is 9.00. The average molecular weight is 227 g/mol. The van der Waals surface area contributed by atoms with Gasteiger partial charge in [-0.15, -0.1) is 0 Å². The van der Waals surface area contributed by atoms with Crippen LogP contribution in [0.5, 0.6) is 0 Å². The van der Waals surface area contributed by atoms with Crippen LogP contribution in [0.3, 0.4) is 0 Å². The molecule has 1 aliphatic heterocycles. The summed E-state index contributed by atoms with van der Waals surface area (Å²) in [5.41, 5.74) is 0.0941. The average Bonchev–Trinajstić information content (AvgIpc) is 2.24. The number of likely N-dealkylation sites (tertiary alicyclic amines) is 1. The summed E-state index contributed by atoms with van der Waals surface area (Å²) in [5.74, 6) is -1.03. The van der Waals surface area contributed by atoms with E-state index in [0.29, 0.717) is 6.54 Å². The number of halogens is 2. The third-order valence-corrected chi connectivity index (χ3v) is 2.92. The molecule has 1 aromatic rings. The summed E-state index contributed by atoms with van der Waals surface area (Å²) in [6.07, 6.45) is 1.27. The van der Waals surface area contributed by atoms with Gasteiger partial charge in [0.2, 0.25) is 0 Å². The van der Waals surface area contributed by atoms with E-state index in [1.54, 1.807) is 0 Å². The first kappa shape index (κ1) is 11.5. The fraction of sp³-hybridized carbons (Fsp3) is 0.500. The molecule has 16 heavy (non-hydrogen) atoms. The molecule has 1 unspecified atom stereocenters. The largest absolute Gasteiger partial charge is 0.392 e. The van der Waals surface area contributed by atoms with Crippen LogP contribution in [0.2, 0.25) is 0 Å². The van der Waals surface area contributed by atoms with Gasteiger partial charge in [-0.3, -0.25) is 4.90 Å². The Bertz CT molecular complexity index is 350. The van der Waals surface area contributed by atoms with Crippen LogP contribution in [0.15, 0.2) is 18.2 Å². The molecule has 2 nitrogen and oxygen atoms in total. The Morgan fingerprint density at radius 1 is 1.31 bits per heavy atom. The van der Waals surface area contributed by atoms with Crippen molar-refractivity contribution >= 4 is 0 Å². The lowest BCUT2D eigenvalue weighted by molar-refractivity contribution is 0.0656. The Morgan fingerprint density at radius 3 is 2.62 bits per heavy atom. The lowest BCUT2D eigenvalue weighted by Crippen LogP contribution is -2.38. The lowest BCUT2D eigenvalue weighted by atomic mass is 10.1. The second kappa shape index (κ2) is 4.89. The van der Waals surface area contributed by atoms with E-state index in [2.05, 4.69) is 0 Å². The highest BCUT2D eigenvalue weighted by Gasteiger charge is 2.20. The van der Waals surface area contributed by atoms with Crippen LogP contribution in [-0.4, -0.2) is 29.2 Å². The van der Waals surface area contributed by atoms with E-state index in [0.717, 1.165) is 19.4 Å². The van der Waals surface area contributed by atoms with Crippen LogP contribution in [-0.2, 0) is 6.54 Å². The van der Waals surface area contributed by atoms with E-state index in [9.17, 15) is 13.9 Å². The molecule has 1 aromatic carbocycles. The van der Waals surface area contributed by atoms with Crippen molar-refractivity contribution in [3.8, 4) is 0 Å². The zero-order chi connectivity index (χ0) is 11.5. The van der Waals surface area contributed by atoms with E-state index < -0.39 is 11.6 Å². The van der Waals surface area contributed by atoms with Crippen molar-refractivity contribution in [2.24, 2.45) is 0 Å². The number of hydrogen-bond donors (Lipinski definition) is 1. The van der Waals surface area contributed by atoms with Gasteiger partial charge in [0.1, 0.15) is 11.6 Å². The SMILES string of the molecule is OC1CCCN(Cc2c(F)cccc2F)C1. The molecule has 1 saturated heterocycles. The number of nitrogens with zero attached hydrogens (tertiary/aromatic N) is 1. The Labute approximate surface area is 93.5 Å². The summed E-state index contributed by atoms with van der Waals surface area (Å²) < 4.78 is 26.7. The van der Waals surface area contributed by atoms with Crippen LogP contribution in [0, 0.1) is 11.6 Å². The fourth-order valence-corrected chi connectivity index (χ4v) is 2.08. The molecule has 4 heteroatoms. The predicted octanol–water partition coefficient (Wildman–Crippen LogP) is 1.92. The molecular formula is C12H15F2NO. The van der Waals surface area contributed by atoms with Crippen LogP contribution >= 0.6 is 0 Å². The number of aliphatic hydroxyl groups is 1. The molecule has 0 aliphatic carbocycles. The molecule has 0 bridgehead atoms. The Kier molecular flexibility index (Phi) is 3.51. The molecular weight excluding hydrogens is 212 g/mol. The summed E-state index contributed by atoms with van der Waals surface area (Å²) >= 11 is 0. The van der Waals surface area contributed by atoms with E-state index in [4.69, 9.17) is 0 Å². The third-order valence-electron chi connectivity index (χ3n) is 2.92. The van der Waals surface area contributed by atoms with E-state index in [1.165, 1.54) is 18.2 Å². The second-order valence-corrected chi connectivity index (χ2v) is 4.23. The Hall–Kier alpha value is -1.00. The molecule has 0 saturated carbocycles. The van der Waals surface area contributed by atoms with Crippen molar-refractivity contribution in [3.63, 3.8) is 0 Å². The molecule has 1 heterocycles. The Balaban J connectivity index is 2.08. The normalized spacial score (nSPS) is 22.3. The van der Waals surface area contributed by atoms with Crippen molar-refractivity contribution in [3.05, 3.63) is 35.4 Å². The summed E-state index contributed by atoms with van der Waals surface area (Å²) in [5, 5.41) is 9.47. The maximum atomic E-state index is 13.4. The lowest BCUT2D eigenvalue weighted by Gasteiger charge is -2.30. The molecule has 88 valence electrons. The second-order valence-electron chi connectivity index (χ2n) is 4.23. The molecule has 1 atom stereocenters. The highest BCUT2D eigenvalue weighted by molar-refractivity contribution is 5.19. The highest BCUT2D eigenvalue weighted by atomic mass is 19.1. The first-order valence-corrected chi connectivity index (χ1v) is 5.50. The molecule has 0 spiro atoms. The fourth-order valence-electron chi connectivity index (χ4n) is 2.08. The third kappa shape index (κ3) is 2.57. The maximum absolute atomic E-state index is 13.4. The van der Waals surface area contributed by atoms with Crippen LogP contribution < -0.4 is 0 Å². The van der Waals surface area contributed by atoms with Gasteiger partial charge in [0, 0.05) is 18.7 Å². The van der Waals surface area contributed by atoms with Crippen molar-refractivity contribution in [1.82, 2.24) is 4.90 Å². The van der Waals surface area contributed by atoms with Gasteiger partial charge in [0.25, 0.3) is 0 Å². The van der Waals surface area contributed by atoms with Crippen molar-refractivity contribution in [2.75, 3.05) is 13.1 Å². The molecule has 0 amide bonds. The molecule has 0 radical (unpaired) electrons. The summed E-state index contributed by atoms with van der Waals surface area (Å²) in [7, 11) is 0. The van der Waals surface area contributed by atoms with Gasteiger partial charge < -0.3 is 5.11 Å². The van der Waals surface area contributed by atoms with Crippen molar-refractivity contribution in [1.29, 1.82) is 0 Å². The first-order chi connectivity index (χ1) is 7.66. The van der Waals surface area contributed by atoms with Crippen LogP contribution in [0.4, 0.5) is 8.78 Å². The summed E-state index contributed by atoms with van der Waals surface area (Å²) in [6, 6.07) is 3.89. The van der Waals surface area contributed by atoms with Crippen molar-refractivity contribution < 1.29 is 13.9 Å². The topological polar surface area (TPSA) is 23.5 Å². The monoisotopic (exact) mass is 227 g/mol. The number of β-amino-alcohol motifs (C(OH)–C–C–N with tert-alkyl or cyclic N) is 1. The molecule has 1 N–H and O–H groups in total. The number of rotatable bonds is 2. The van der Waals surface area contributed by atoms with Gasteiger partial charge in [-0.25, -0.2) is 8.78 Å². The predicted molar refractivity (Wildman–Crippen MR) is 56.9 cm³/mol. The molecule has 1 aliphatic rings. The minimum absolute atomic E-state index is 0.0941. The molecule has 2 rings (SSSR count). The van der Waals surface area contributed by atoms with Gasteiger partial charge >= 0.3 is 0 Å². The van der Waals surface area contributed by atoms with E-state index in [-0.39, 0.29) is 18.2 Å². The smallest absolute Gasteiger partial charge is 0.130 e. The zero-order valence-electron chi connectivity index (χ0n) is 9.00. The highest BCUT2D eigenvalue weighted by Crippen LogP contribution is 2.18. The van der Waals surface area contributed by atoms with Crippen LogP contribution in [0.1, 0.15) is 18.4 Å². The standard InChI is InChI=1S/C12H15F2NO/c13-11-4-1-5-12(14)10(11)8-15-6-2-3-9(16)7-15/h1,4-5,9,16H,2-3,6-8H2. The van der Waals surface area contributed by atoms with Gasteiger partial charge in [-0.2, -0.15) is 0 Å². The summed E-state index contributed by atoms with van der Waals surface area (Å²) in [6.45, 7) is 1.51. The number of aliphatic hydroxyl groups excluding tert-OH is 1. The first-order valence-electron chi connectivity index (χ1n) is 5.50. The number of hydrogen-bond acceptors (Lipinski definition) is 2. The number of piperidine rings is 1. The molecule has 0 aromatic heterocycles. The minimum atomic E-state index is -0.514. The van der Waals surface area contributed by atoms with E-state index in [1.807, 2.05) is 4.90 Å². The Morgan fingerprint density at radius 2 is 2.00 bits per heavy atom. The van der Waals surface area contributed by atoms with Gasteiger partial charge in [-0.1, -0.05) is 6.07 Å². The summed E-state index contributed by atoms with van der Waals surface area (Å²) in [4.78, 5) is 1.88. The van der Waals surface area contributed by atoms with Gasteiger partial charge in [-0.05, 0) is 31.5 Å². The van der Waals surface area contributed by atoms with Crippen LogP contribution in [0.25, 0.3) is 0 Å². The van der Waals surface area contributed by atoms with Gasteiger partial charge in [0.15, 0.2) is 0 Å². The quantitative estimate of drug-likeness (QED) is 0.834. The molecule has 1 fully saturated rings. The van der Waals surface area contributed by atoms with Gasteiger partial charge in [0.05, 0.1) is 6.10 Å². The van der Waals surface area contributed by atoms with Crippen molar-refractivity contribution in [2.45, 2.75) is 25.5 Å². The maximum Gasteiger partial charge on any atom is 0.130 e.